The minimum absolute atomic E-state index is 0.309. The molecular formula is C12H23ClN2O2S. The molecule has 1 saturated carbocycles. The van der Waals surface area contributed by atoms with E-state index in [-0.39, 0.29) is 0 Å². The Kier molecular flexibility index (Phi) is 4.57. The Bertz CT molecular complexity index is 388. The predicted molar refractivity (Wildman–Crippen MR) is 73.8 cm³/mol. The van der Waals surface area contributed by atoms with E-state index in [9.17, 15) is 8.42 Å². The molecule has 0 spiro atoms. The van der Waals surface area contributed by atoms with Crippen molar-refractivity contribution < 1.29 is 8.42 Å². The van der Waals surface area contributed by atoms with Crippen LogP contribution in [-0.2, 0) is 10.2 Å². The van der Waals surface area contributed by atoms with Crippen molar-refractivity contribution in [3.8, 4) is 0 Å². The van der Waals surface area contributed by atoms with E-state index in [1.54, 1.807) is 11.4 Å². The topological polar surface area (TPSA) is 40.6 Å². The lowest BCUT2D eigenvalue weighted by molar-refractivity contribution is 0.264. The molecule has 1 aliphatic heterocycles. The van der Waals surface area contributed by atoms with Gasteiger partial charge in [0, 0.05) is 32.6 Å². The second kappa shape index (κ2) is 5.65. The minimum atomic E-state index is -3.28. The molecule has 2 fully saturated rings. The van der Waals surface area contributed by atoms with Gasteiger partial charge in [-0.1, -0.05) is 6.92 Å². The third-order valence-corrected chi connectivity index (χ3v) is 6.55. The fourth-order valence-electron chi connectivity index (χ4n) is 2.64. The Balaban J connectivity index is 1.96. The lowest BCUT2D eigenvalue weighted by Gasteiger charge is -2.33. The van der Waals surface area contributed by atoms with Gasteiger partial charge in [-0.05, 0) is 37.0 Å². The molecule has 1 heterocycles. The van der Waals surface area contributed by atoms with Gasteiger partial charge in [0.05, 0.1) is 0 Å². The van der Waals surface area contributed by atoms with Gasteiger partial charge in [0.2, 0.25) is 0 Å². The highest BCUT2D eigenvalue weighted by atomic mass is 35.5. The van der Waals surface area contributed by atoms with E-state index >= 15 is 0 Å². The van der Waals surface area contributed by atoms with E-state index in [2.05, 4.69) is 6.92 Å². The van der Waals surface area contributed by atoms with Crippen molar-refractivity contribution in [2.24, 2.45) is 17.8 Å². The molecule has 0 bridgehead atoms. The van der Waals surface area contributed by atoms with Crippen molar-refractivity contribution in [3.63, 3.8) is 0 Å². The number of halogens is 1. The van der Waals surface area contributed by atoms with E-state index in [0.717, 1.165) is 19.3 Å². The number of hydrogen-bond donors (Lipinski definition) is 0. The summed E-state index contributed by atoms with van der Waals surface area (Å²) in [4.78, 5) is 0. The number of rotatable bonds is 5. The minimum Gasteiger partial charge on any atom is -0.195 e. The van der Waals surface area contributed by atoms with Crippen molar-refractivity contribution in [3.05, 3.63) is 0 Å². The summed E-state index contributed by atoms with van der Waals surface area (Å²) < 4.78 is 28.0. The van der Waals surface area contributed by atoms with Crippen LogP contribution in [0.2, 0.25) is 0 Å². The van der Waals surface area contributed by atoms with Crippen LogP contribution in [0.15, 0.2) is 0 Å². The molecule has 18 heavy (non-hydrogen) atoms. The molecule has 1 saturated heterocycles. The van der Waals surface area contributed by atoms with Crippen LogP contribution in [0, 0.1) is 17.8 Å². The van der Waals surface area contributed by atoms with Gasteiger partial charge in [-0.15, -0.1) is 11.6 Å². The van der Waals surface area contributed by atoms with Gasteiger partial charge in [-0.25, -0.2) is 0 Å². The van der Waals surface area contributed by atoms with Crippen LogP contribution < -0.4 is 0 Å². The van der Waals surface area contributed by atoms with Crippen molar-refractivity contribution in [2.75, 3.05) is 32.6 Å². The van der Waals surface area contributed by atoms with Crippen LogP contribution >= 0.6 is 11.6 Å². The van der Waals surface area contributed by atoms with Gasteiger partial charge in [-0.2, -0.15) is 17.0 Å². The van der Waals surface area contributed by atoms with Crippen LogP contribution in [0.25, 0.3) is 0 Å². The highest BCUT2D eigenvalue weighted by molar-refractivity contribution is 7.86. The summed E-state index contributed by atoms with van der Waals surface area (Å²) in [5, 5.41) is 0. The molecule has 106 valence electrons. The summed E-state index contributed by atoms with van der Waals surface area (Å²) in [6.45, 7) is 4.05. The Morgan fingerprint density at radius 3 is 2.67 bits per heavy atom. The number of alkyl halides is 1. The summed E-state index contributed by atoms with van der Waals surface area (Å²) in [7, 11) is -1.58. The summed E-state index contributed by atoms with van der Waals surface area (Å²) in [5.74, 6) is 2.09. The quantitative estimate of drug-likeness (QED) is 0.725. The van der Waals surface area contributed by atoms with Gasteiger partial charge in [-0.3, -0.25) is 0 Å². The van der Waals surface area contributed by atoms with Crippen molar-refractivity contribution in [1.29, 1.82) is 0 Å². The standard InChI is InChI=1S/C12H23ClN2O2S/c1-10-6-12(10)9-14(2)18(16,17)15-5-3-4-11(7-13)8-15/h10-12H,3-9H2,1-2H3. The third kappa shape index (κ3) is 3.18. The monoisotopic (exact) mass is 294 g/mol. The van der Waals surface area contributed by atoms with Crippen LogP contribution in [0.3, 0.4) is 0 Å². The van der Waals surface area contributed by atoms with Crippen LogP contribution in [0.1, 0.15) is 26.2 Å². The smallest absolute Gasteiger partial charge is 0.195 e. The van der Waals surface area contributed by atoms with Crippen molar-refractivity contribution >= 4 is 21.8 Å². The lowest BCUT2D eigenvalue weighted by atomic mass is 10.0. The highest BCUT2D eigenvalue weighted by Crippen LogP contribution is 2.38. The summed E-state index contributed by atoms with van der Waals surface area (Å²) >= 11 is 5.85. The molecule has 0 aromatic rings. The first-order valence-electron chi connectivity index (χ1n) is 6.72. The maximum absolute atomic E-state index is 12.4. The first-order valence-corrected chi connectivity index (χ1v) is 8.65. The molecule has 0 amide bonds. The molecule has 2 rings (SSSR count). The second-order valence-corrected chi connectivity index (χ2v) is 8.13. The number of nitrogens with zero attached hydrogens (tertiary/aromatic N) is 2. The molecule has 3 atom stereocenters. The van der Waals surface area contributed by atoms with Crippen LogP contribution in [0.5, 0.6) is 0 Å². The van der Waals surface area contributed by atoms with Gasteiger partial charge in [0.1, 0.15) is 0 Å². The summed E-state index contributed by atoms with van der Waals surface area (Å²) in [6, 6.07) is 0. The van der Waals surface area contributed by atoms with E-state index < -0.39 is 10.2 Å². The maximum atomic E-state index is 12.4. The zero-order valence-corrected chi connectivity index (χ0v) is 12.8. The van der Waals surface area contributed by atoms with E-state index in [0.29, 0.717) is 43.3 Å². The van der Waals surface area contributed by atoms with Crippen LogP contribution in [0.4, 0.5) is 0 Å². The molecule has 0 N–H and O–H groups in total. The number of piperidine rings is 1. The van der Waals surface area contributed by atoms with Gasteiger partial charge in [0.15, 0.2) is 0 Å². The fourth-order valence-corrected chi connectivity index (χ4v) is 4.42. The van der Waals surface area contributed by atoms with Crippen molar-refractivity contribution in [2.45, 2.75) is 26.2 Å². The fraction of sp³-hybridized carbons (Fsp3) is 1.00. The predicted octanol–water partition coefficient (Wildman–Crippen LogP) is 1.77. The zero-order chi connectivity index (χ0) is 13.3. The largest absolute Gasteiger partial charge is 0.281 e. The first-order chi connectivity index (χ1) is 8.45. The Labute approximate surface area is 115 Å². The summed E-state index contributed by atoms with van der Waals surface area (Å²) in [6.07, 6.45) is 3.12. The Morgan fingerprint density at radius 1 is 1.44 bits per heavy atom. The van der Waals surface area contributed by atoms with Gasteiger partial charge < -0.3 is 0 Å². The Morgan fingerprint density at radius 2 is 2.11 bits per heavy atom. The molecule has 3 unspecified atom stereocenters. The SMILES string of the molecule is CC1CC1CN(C)S(=O)(=O)N1CCCC(CCl)C1. The van der Waals surface area contributed by atoms with Crippen molar-refractivity contribution in [1.82, 2.24) is 8.61 Å². The highest BCUT2D eigenvalue weighted by Gasteiger charge is 2.38. The second-order valence-electron chi connectivity index (χ2n) is 5.78. The number of hydrogen-bond acceptors (Lipinski definition) is 2. The molecule has 0 aromatic heterocycles. The average molecular weight is 295 g/mol. The Hall–Kier alpha value is 0.160. The normalized spacial score (nSPS) is 33.9. The molecular weight excluding hydrogens is 272 g/mol. The van der Waals surface area contributed by atoms with Gasteiger partial charge in [0.25, 0.3) is 10.2 Å². The molecule has 2 aliphatic rings. The molecule has 0 radical (unpaired) electrons. The molecule has 4 nitrogen and oxygen atoms in total. The van der Waals surface area contributed by atoms with Crippen LogP contribution in [-0.4, -0.2) is 49.6 Å². The lowest BCUT2D eigenvalue weighted by Crippen LogP contribution is -2.47. The third-order valence-electron chi connectivity index (χ3n) is 4.19. The molecule has 6 heteroatoms. The summed E-state index contributed by atoms with van der Waals surface area (Å²) in [5.41, 5.74) is 0. The van der Waals surface area contributed by atoms with Gasteiger partial charge >= 0.3 is 0 Å². The average Bonchev–Trinajstić information content (AvgIpc) is 3.04. The van der Waals surface area contributed by atoms with E-state index in [1.807, 2.05) is 0 Å². The van der Waals surface area contributed by atoms with E-state index in [4.69, 9.17) is 11.6 Å². The molecule has 1 aliphatic carbocycles. The molecule has 0 aromatic carbocycles. The zero-order valence-electron chi connectivity index (χ0n) is 11.2. The van der Waals surface area contributed by atoms with E-state index in [1.165, 1.54) is 4.31 Å². The maximum Gasteiger partial charge on any atom is 0.281 e. The first kappa shape index (κ1) is 14.6.